The zero-order valence-corrected chi connectivity index (χ0v) is 51.0. The van der Waals surface area contributed by atoms with E-state index in [0.29, 0.717) is 19.3 Å². The molecule has 0 bridgehead atoms. The maximum absolute atomic E-state index is 12.9. The van der Waals surface area contributed by atoms with Crippen LogP contribution in [0.4, 0.5) is 0 Å². The molecule has 0 aromatic rings. The van der Waals surface area contributed by atoms with Gasteiger partial charge in [0.15, 0.2) is 6.10 Å². The van der Waals surface area contributed by atoms with Crippen LogP contribution in [0.3, 0.4) is 0 Å². The lowest BCUT2D eigenvalue weighted by molar-refractivity contribution is -0.166. The van der Waals surface area contributed by atoms with Gasteiger partial charge in [0, 0.05) is 19.3 Å². The van der Waals surface area contributed by atoms with Gasteiger partial charge in [0.1, 0.15) is 13.2 Å². The first kappa shape index (κ1) is 73.6. The Kier molecular flexibility index (Phi) is 62.2. The highest BCUT2D eigenvalue weighted by molar-refractivity contribution is 5.71. The van der Waals surface area contributed by atoms with Crippen molar-refractivity contribution in [3.05, 3.63) is 85.1 Å². The fraction of sp³-hybridized carbons (Fsp3) is 0.761. The summed E-state index contributed by atoms with van der Waals surface area (Å²) in [4.78, 5) is 38.2. The van der Waals surface area contributed by atoms with Crippen molar-refractivity contribution in [1.82, 2.24) is 0 Å². The molecule has 0 radical (unpaired) electrons. The number of rotatable bonds is 60. The Morgan fingerprint density at radius 3 is 0.870 bits per heavy atom. The molecule has 0 rings (SSSR count). The Bertz CT molecular complexity index is 1470. The second-order valence-corrected chi connectivity index (χ2v) is 22.0. The molecule has 0 saturated heterocycles. The van der Waals surface area contributed by atoms with Gasteiger partial charge in [0.25, 0.3) is 0 Å². The van der Waals surface area contributed by atoms with Gasteiger partial charge in [-0.3, -0.25) is 14.4 Å². The van der Waals surface area contributed by atoms with Gasteiger partial charge in [-0.15, -0.1) is 0 Å². The van der Waals surface area contributed by atoms with Gasteiger partial charge in [-0.25, -0.2) is 0 Å². The third-order valence-electron chi connectivity index (χ3n) is 14.4. The number of carbonyl (C=O) groups is 3. The molecule has 444 valence electrons. The van der Waals surface area contributed by atoms with Crippen LogP contribution in [0.1, 0.15) is 329 Å². The van der Waals surface area contributed by atoms with Crippen LogP contribution in [-0.4, -0.2) is 37.2 Å². The van der Waals surface area contributed by atoms with Crippen molar-refractivity contribution in [1.29, 1.82) is 0 Å². The molecule has 6 nitrogen and oxygen atoms in total. The zero-order valence-electron chi connectivity index (χ0n) is 51.0. The molecular formula is C71H124O6. The SMILES string of the molecule is CC/C=C\C/C=C\C/C=C\C/C=C\CCC(=O)OCC(COC(=O)CCCCCCCCCCCCCCCCCCCCCCCCCCCCCCCCC)OC(=O)CCCCCCC/C=C\C/C=C\C/C=C\CC. The number of esters is 3. The molecule has 0 saturated carbocycles. The van der Waals surface area contributed by atoms with Crippen LogP contribution in [0.2, 0.25) is 0 Å². The Balaban J connectivity index is 4.17. The van der Waals surface area contributed by atoms with Crippen LogP contribution < -0.4 is 0 Å². The largest absolute Gasteiger partial charge is 0.462 e. The van der Waals surface area contributed by atoms with Gasteiger partial charge in [0.2, 0.25) is 0 Å². The first-order valence-corrected chi connectivity index (χ1v) is 33.1. The van der Waals surface area contributed by atoms with E-state index >= 15 is 0 Å². The van der Waals surface area contributed by atoms with Crippen molar-refractivity contribution in [3.8, 4) is 0 Å². The Morgan fingerprint density at radius 2 is 0.532 bits per heavy atom. The lowest BCUT2D eigenvalue weighted by Gasteiger charge is -2.18. The van der Waals surface area contributed by atoms with E-state index in [0.717, 1.165) is 103 Å². The lowest BCUT2D eigenvalue weighted by Crippen LogP contribution is -2.30. The van der Waals surface area contributed by atoms with Gasteiger partial charge < -0.3 is 14.2 Å². The van der Waals surface area contributed by atoms with E-state index in [4.69, 9.17) is 14.2 Å². The molecule has 0 amide bonds. The first-order valence-electron chi connectivity index (χ1n) is 33.1. The summed E-state index contributed by atoms with van der Waals surface area (Å²) in [6, 6.07) is 0. The number of carbonyl (C=O) groups excluding carboxylic acids is 3. The Morgan fingerprint density at radius 1 is 0.273 bits per heavy atom. The molecule has 0 fully saturated rings. The molecule has 0 aliphatic rings. The summed E-state index contributed by atoms with van der Waals surface area (Å²) in [6.07, 6.45) is 86.5. The van der Waals surface area contributed by atoms with Crippen LogP contribution in [-0.2, 0) is 28.6 Å². The van der Waals surface area contributed by atoms with E-state index in [1.165, 1.54) is 180 Å². The number of ether oxygens (including phenoxy) is 3. The van der Waals surface area contributed by atoms with Crippen molar-refractivity contribution < 1.29 is 28.6 Å². The summed E-state index contributed by atoms with van der Waals surface area (Å²) >= 11 is 0. The minimum absolute atomic E-state index is 0.104. The summed E-state index contributed by atoms with van der Waals surface area (Å²) in [7, 11) is 0. The van der Waals surface area contributed by atoms with Crippen molar-refractivity contribution in [2.24, 2.45) is 0 Å². The topological polar surface area (TPSA) is 78.9 Å². The lowest BCUT2D eigenvalue weighted by atomic mass is 10.0. The Hall–Kier alpha value is -3.41. The summed E-state index contributed by atoms with van der Waals surface area (Å²) in [6.45, 7) is 6.37. The molecule has 0 aromatic heterocycles. The van der Waals surface area contributed by atoms with Crippen molar-refractivity contribution in [3.63, 3.8) is 0 Å². The van der Waals surface area contributed by atoms with Gasteiger partial charge >= 0.3 is 17.9 Å². The minimum atomic E-state index is -0.814. The maximum Gasteiger partial charge on any atom is 0.306 e. The van der Waals surface area contributed by atoms with Gasteiger partial charge in [0.05, 0.1) is 0 Å². The molecular weight excluding hydrogens is 949 g/mol. The molecule has 0 aliphatic carbocycles. The standard InChI is InChI=1S/C71H124O6/c1-4-7-10-13-16-19-22-25-27-28-29-30-31-32-33-34-35-36-37-38-39-40-41-42-44-46-49-52-55-58-61-64-70(73)76-67-68(66-75-69(72)63-60-57-54-51-48-45-24-21-18-15-12-9-6-3)77-71(74)65-62-59-56-53-50-47-43-26-23-20-17-14-11-8-5-2/h8-9,11-12,17-18,20-21,26,43,45,48,54,57,68H,4-7,10,13-16,19,22-25,27-42,44,46-47,49-53,55-56,58-67H2,1-3H3/b11-8-,12-9-,20-17-,21-18-,43-26-,48-45-,57-54-. The predicted octanol–water partition coefficient (Wildman–Crippen LogP) is 22.7. The van der Waals surface area contributed by atoms with E-state index in [2.05, 4.69) is 99.8 Å². The summed E-state index contributed by atoms with van der Waals surface area (Å²) < 4.78 is 16.8. The number of hydrogen-bond donors (Lipinski definition) is 0. The second kappa shape index (κ2) is 65.1. The van der Waals surface area contributed by atoms with E-state index in [9.17, 15) is 14.4 Å². The molecule has 1 unspecified atom stereocenters. The highest BCUT2D eigenvalue weighted by Gasteiger charge is 2.19. The maximum atomic E-state index is 12.9. The third-order valence-corrected chi connectivity index (χ3v) is 14.4. The summed E-state index contributed by atoms with van der Waals surface area (Å²) in [5.74, 6) is -0.996. The van der Waals surface area contributed by atoms with E-state index in [1.807, 2.05) is 6.08 Å². The summed E-state index contributed by atoms with van der Waals surface area (Å²) in [5, 5.41) is 0. The average molecular weight is 1070 g/mol. The molecule has 0 spiro atoms. The Labute approximate surface area is 477 Å². The third kappa shape index (κ3) is 63.3. The van der Waals surface area contributed by atoms with E-state index in [-0.39, 0.29) is 37.5 Å². The van der Waals surface area contributed by atoms with Gasteiger partial charge in [-0.2, -0.15) is 0 Å². The highest BCUT2D eigenvalue weighted by Crippen LogP contribution is 2.18. The predicted molar refractivity (Wildman–Crippen MR) is 334 cm³/mol. The first-order chi connectivity index (χ1) is 38.0. The van der Waals surface area contributed by atoms with E-state index < -0.39 is 6.10 Å². The van der Waals surface area contributed by atoms with Crippen molar-refractivity contribution in [2.45, 2.75) is 335 Å². The minimum Gasteiger partial charge on any atom is -0.462 e. The normalized spacial score (nSPS) is 12.6. The second-order valence-electron chi connectivity index (χ2n) is 22.0. The molecule has 6 heteroatoms. The molecule has 0 N–H and O–H groups in total. The fourth-order valence-electron chi connectivity index (χ4n) is 9.53. The van der Waals surface area contributed by atoms with E-state index in [1.54, 1.807) is 0 Å². The van der Waals surface area contributed by atoms with Crippen LogP contribution in [0.15, 0.2) is 85.1 Å². The monoisotopic (exact) mass is 1070 g/mol. The molecule has 0 heterocycles. The zero-order chi connectivity index (χ0) is 55.7. The highest BCUT2D eigenvalue weighted by atomic mass is 16.6. The summed E-state index contributed by atoms with van der Waals surface area (Å²) in [5.41, 5.74) is 0. The van der Waals surface area contributed by atoms with Crippen LogP contribution in [0.5, 0.6) is 0 Å². The molecule has 0 aromatic carbocycles. The number of unbranched alkanes of at least 4 members (excludes halogenated alkanes) is 35. The van der Waals surface area contributed by atoms with Gasteiger partial charge in [-0.05, 0) is 77.0 Å². The molecule has 0 aliphatic heterocycles. The smallest absolute Gasteiger partial charge is 0.306 e. The molecule has 77 heavy (non-hydrogen) atoms. The average Bonchev–Trinajstić information content (AvgIpc) is 3.43. The fourth-order valence-corrected chi connectivity index (χ4v) is 9.53. The van der Waals surface area contributed by atoms with Crippen LogP contribution in [0.25, 0.3) is 0 Å². The van der Waals surface area contributed by atoms with Crippen LogP contribution >= 0.6 is 0 Å². The number of allylic oxidation sites excluding steroid dienone is 14. The van der Waals surface area contributed by atoms with Crippen molar-refractivity contribution >= 4 is 17.9 Å². The van der Waals surface area contributed by atoms with Crippen LogP contribution in [0, 0.1) is 0 Å². The van der Waals surface area contributed by atoms with Gasteiger partial charge in [-0.1, -0.05) is 318 Å². The quantitative estimate of drug-likeness (QED) is 0.0261. The van der Waals surface area contributed by atoms with Crippen molar-refractivity contribution in [2.75, 3.05) is 13.2 Å². The molecule has 1 atom stereocenters. The number of hydrogen-bond acceptors (Lipinski definition) is 6.